The van der Waals surface area contributed by atoms with Gasteiger partial charge in [0.2, 0.25) is 0 Å². The molecule has 1 aromatic carbocycles. The zero-order valence-electron chi connectivity index (χ0n) is 17.2. The Labute approximate surface area is 191 Å². The van der Waals surface area contributed by atoms with Crippen molar-refractivity contribution in [3.63, 3.8) is 0 Å². The van der Waals surface area contributed by atoms with Crippen LogP contribution in [0.3, 0.4) is 0 Å². The Hall–Kier alpha value is -1.83. The van der Waals surface area contributed by atoms with Crippen LogP contribution in [0.15, 0.2) is 53.7 Å². The van der Waals surface area contributed by atoms with Crippen molar-refractivity contribution in [2.45, 2.75) is 44.1 Å². The SMILES string of the molecule is CN=C(NCc1ccnc(N2CCCCC2)c1)NCC1(c2ccccc2)CC1.I. The van der Waals surface area contributed by atoms with Crippen molar-refractivity contribution in [1.82, 2.24) is 15.6 Å². The fraction of sp³-hybridized carbons (Fsp3) is 0.478. The van der Waals surface area contributed by atoms with E-state index in [9.17, 15) is 0 Å². The Morgan fingerprint density at radius 2 is 1.83 bits per heavy atom. The predicted molar refractivity (Wildman–Crippen MR) is 131 cm³/mol. The fourth-order valence-electron chi connectivity index (χ4n) is 4.04. The van der Waals surface area contributed by atoms with E-state index < -0.39 is 0 Å². The first kappa shape index (κ1) is 21.9. The number of aliphatic imine (C=N–C) groups is 1. The van der Waals surface area contributed by atoms with Crippen LogP contribution in [0.4, 0.5) is 5.82 Å². The highest BCUT2D eigenvalue weighted by molar-refractivity contribution is 14.0. The van der Waals surface area contributed by atoms with Gasteiger partial charge in [0, 0.05) is 44.8 Å². The lowest BCUT2D eigenvalue weighted by Crippen LogP contribution is -2.41. The molecule has 1 saturated heterocycles. The summed E-state index contributed by atoms with van der Waals surface area (Å²) < 4.78 is 0. The molecule has 2 heterocycles. The summed E-state index contributed by atoms with van der Waals surface area (Å²) in [7, 11) is 1.84. The number of piperidine rings is 1. The molecule has 0 radical (unpaired) electrons. The highest BCUT2D eigenvalue weighted by Crippen LogP contribution is 2.47. The van der Waals surface area contributed by atoms with Gasteiger partial charge in [-0.25, -0.2) is 4.98 Å². The number of hydrogen-bond donors (Lipinski definition) is 2. The summed E-state index contributed by atoms with van der Waals surface area (Å²) in [5.41, 5.74) is 2.94. The zero-order chi connectivity index (χ0) is 19.2. The molecule has 0 bridgehead atoms. The van der Waals surface area contributed by atoms with E-state index in [2.05, 4.69) is 68.0 Å². The van der Waals surface area contributed by atoms with Crippen LogP contribution < -0.4 is 15.5 Å². The normalized spacial score (nSPS) is 18.0. The minimum atomic E-state index is 0. The van der Waals surface area contributed by atoms with E-state index in [0.29, 0.717) is 0 Å². The lowest BCUT2D eigenvalue weighted by Gasteiger charge is -2.28. The summed E-state index contributed by atoms with van der Waals surface area (Å²) in [5, 5.41) is 6.99. The quantitative estimate of drug-likeness (QED) is 0.353. The van der Waals surface area contributed by atoms with E-state index in [1.165, 1.54) is 43.2 Å². The molecular formula is C23H32IN5. The largest absolute Gasteiger partial charge is 0.357 e. The zero-order valence-corrected chi connectivity index (χ0v) is 19.6. The molecule has 156 valence electrons. The van der Waals surface area contributed by atoms with Gasteiger partial charge in [-0.3, -0.25) is 4.99 Å². The Morgan fingerprint density at radius 1 is 1.07 bits per heavy atom. The monoisotopic (exact) mass is 505 g/mol. The van der Waals surface area contributed by atoms with Gasteiger partial charge < -0.3 is 15.5 Å². The van der Waals surface area contributed by atoms with Crippen molar-refractivity contribution in [2.75, 3.05) is 31.6 Å². The van der Waals surface area contributed by atoms with Crippen molar-refractivity contribution in [3.8, 4) is 0 Å². The summed E-state index contributed by atoms with van der Waals surface area (Å²) in [4.78, 5) is 11.4. The molecule has 1 aromatic heterocycles. The first-order valence-corrected chi connectivity index (χ1v) is 10.5. The summed E-state index contributed by atoms with van der Waals surface area (Å²) in [6, 6.07) is 15.1. The van der Waals surface area contributed by atoms with E-state index in [0.717, 1.165) is 38.0 Å². The Kier molecular flexibility index (Phi) is 7.75. The molecule has 0 amide bonds. The highest BCUT2D eigenvalue weighted by atomic mass is 127. The molecule has 1 saturated carbocycles. The van der Waals surface area contributed by atoms with Crippen molar-refractivity contribution in [2.24, 2.45) is 4.99 Å². The number of guanidine groups is 1. The average Bonchev–Trinajstić information content (AvgIpc) is 3.56. The van der Waals surface area contributed by atoms with Crippen LogP contribution in [0.25, 0.3) is 0 Å². The topological polar surface area (TPSA) is 52.6 Å². The molecular weight excluding hydrogens is 473 g/mol. The van der Waals surface area contributed by atoms with Crippen LogP contribution in [-0.2, 0) is 12.0 Å². The van der Waals surface area contributed by atoms with E-state index in [-0.39, 0.29) is 29.4 Å². The molecule has 0 spiro atoms. The minimum Gasteiger partial charge on any atom is -0.357 e. The number of hydrogen-bond acceptors (Lipinski definition) is 3. The van der Waals surface area contributed by atoms with E-state index in [1.54, 1.807) is 0 Å². The van der Waals surface area contributed by atoms with Gasteiger partial charge in [0.25, 0.3) is 0 Å². The third-order valence-corrected chi connectivity index (χ3v) is 6.01. The summed E-state index contributed by atoms with van der Waals surface area (Å²) >= 11 is 0. The Morgan fingerprint density at radius 3 is 2.52 bits per heavy atom. The molecule has 29 heavy (non-hydrogen) atoms. The van der Waals surface area contributed by atoms with Crippen molar-refractivity contribution < 1.29 is 0 Å². The van der Waals surface area contributed by atoms with E-state index in [1.807, 2.05) is 13.2 Å². The first-order chi connectivity index (χ1) is 13.8. The standard InChI is InChI=1S/C23H31N5.HI/c1-24-22(27-18-23(11-12-23)20-8-4-2-5-9-20)26-17-19-10-13-25-21(16-19)28-14-6-3-7-15-28;/h2,4-5,8-10,13,16H,3,6-7,11-12,14-15,17-18H2,1H3,(H2,24,26,27);1H. The number of benzene rings is 1. The van der Waals surface area contributed by atoms with Crippen LogP contribution in [0.2, 0.25) is 0 Å². The van der Waals surface area contributed by atoms with Gasteiger partial charge >= 0.3 is 0 Å². The van der Waals surface area contributed by atoms with Crippen LogP contribution in [0.1, 0.15) is 43.2 Å². The maximum Gasteiger partial charge on any atom is 0.191 e. The van der Waals surface area contributed by atoms with Crippen LogP contribution in [-0.4, -0.2) is 37.6 Å². The number of halogens is 1. The predicted octanol–water partition coefficient (Wildman–Crippen LogP) is 4.09. The molecule has 2 N–H and O–H groups in total. The maximum absolute atomic E-state index is 4.57. The van der Waals surface area contributed by atoms with Gasteiger partial charge in [0.15, 0.2) is 5.96 Å². The van der Waals surface area contributed by atoms with Gasteiger partial charge in [-0.1, -0.05) is 30.3 Å². The van der Waals surface area contributed by atoms with Crippen molar-refractivity contribution in [1.29, 1.82) is 0 Å². The Balaban J connectivity index is 0.00000240. The molecule has 1 aliphatic heterocycles. The number of nitrogens with zero attached hydrogens (tertiary/aromatic N) is 3. The third kappa shape index (κ3) is 5.62. The van der Waals surface area contributed by atoms with Crippen molar-refractivity contribution >= 4 is 35.8 Å². The smallest absolute Gasteiger partial charge is 0.191 e. The second kappa shape index (κ2) is 10.3. The summed E-state index contributed by atoms with van der Waals surface area (Å²) in [5.74, 6) is 1.96. The minimum absolute atomic E-state index is 0. The molecule has 2 fully saturated rings. The molecule has 1 aliphatic carbocycles. The molecule has 2 aliphatic rings. The van der Waals surface area contributed by atoms with Crippen LogP contribution in [0.5, 0.6) is 0 Å². The van der Waals surface area contributed by atoms with Gasteiger partial charge in [-0.05, 0) is 55.4 Å². The number of aromatic nitrogens is 1. The van der Waals surface area contributed by atoms with Crippen molar-refractivity contribution in [3.05, 3.63) is 59.8 Å². The van der Waals surface area contributed by atoms with E-state index in [4.69, 9.17) is 0 Å². The molecule has 0 unspecified atom stereocenters. The molecule has 4 rings (SSSR count). The number of rotatable bonds is 6. The molecule has 5 nitrogen and oxygen atoms in total. The average molecular weight is 505 g/mol. The third-order valence-electron chi connectivity index (χ3n) is 6.01. The highest BCUT2D eigenvalue weighted by Gasteiger charge is 2.43. The summed E-state index contributed by atoms with van der Waals surface area (Å²) in [6.45, 7) is 3.91. The van der Waals surface area contributed by atoms with Gasteiger partial charge in [-0.15, -0.1) is 24.0 Å². The molecule has 2 aromatic rings. The number of nitrogens with one attached hydrogen (secondary N) is 2. The maximum atomic E-state index is 4.57. The van der Waals surface area contributed by atoms with Crippen LogP contribution in [0, 0.1) is 0 Å². The lowest BCUT2D eigenvalue weighted by molar-refractivity contribution is 0.573. The molecule has 0 atom stereocenters. The fourth-order valence-corrected chi connectivity index (χ4v) is 4.04. The second-order valence-corrected chi connectivity index (χ2v) is 8.00. The number of anilines is 1. The Bertz CT molecular complexity index is 798. The van der Waals surface area contributed by atoms with Gasteiger partial charge in [0.1, 0.15) is 5.82 Å². The first-order valence-electron chi connectivity index (χ1n) is 10.5. The van der Waals surface area contributed by atoms with E-state index >= 15 is 0 Å². The second-order valence-electron chi connectivity index (χ2n) is 8.00. The van der Waals surface area contributed by atoms with Crippen LogP contribution >= 0.6 is 24.0 Å². The number of pyridine rings is 1. The summed E-state index contributed by atoms with van der Waals surface area (Å²) in [6.07, 6.45) is 8.28. The van der Waals surface area contributed by atoms with Gasteiger partial charge in [-0.2, -0.15) is 0 Å². The van der Waals surface area contributed by atoms with Gasteiger partial charge in [0.05, 0.1) is 0 Å². The lowest BCUT2D eigenvalue weighted by atomic mass is 9.96. The molecule has 6 heteroatoms.